The molecule has 0 heterocycles. The Balaban J connectivity index is 2.56. The van der Waals surface area contributed by atoms with Gasteiger partial charge in [-0.05, 0) is 24.3 Å². The number of hydrogen-bond donors (Lipinski definition) is 0. The minimum absolute atomic E-state index is 0.501. The number of rotatable bonds is 4. The molecule has 3 heteroatoms. The summed E-state index contributed by atoms with van der Waals surface area (Å²) in [5.74, 6) is -0.0858. The van der Waals surface area contributed by atoms with Gasteiger partial charge in [-0.25, -0.2) is 8.78 Å². The van der Waals surface area contributed by atoms with Crippen LogP contribution in [0.25, 0.3) is 0 Å². The minimum Gasteiger partial charge on any atom is -0.207 e. The van der Waals surface area contributed by atoms with Crippen molar-refractivity contribution in [1.82, 2.24) is 0 Å². The molecule has 0 spiro atoms. The summed E-state index contributed by atoms with van der Waals surface area (Å²) in [6.07, 6.45) is 2.17. The average Bonchev–Trinajstić information content (AvgIpc) is 2.03. The summed E-state index contributed by atoms with van der Waals surface area (Å²) in [6, 6.07) is 3.62. The zero-order valence-electron chi connectivity index (χ0n) is 7.52. The Morgan fingerprint density at radius 1 is 1.15 bits per heavy atom. The second-order valence-electron chi connectivity index (χ2n) is 2.81. The lowest BCUT2D eigenvalue weighted by atomic mass is 10.3. The molecular weight excluding hydrogens is 190 g/mol. The van der Waals surface area contributed by atoms with Gasteiger partial charge in [-0.1, -0.05) is 13.3 Å². The van der Waals surface area contributed by atoms with Gasteiger partial charge in [-0.15, -0.1) is 11.8 Å². The average molecular weight is 202 g/mol. The Bertz CT molecular complexity index is 253. The molecule has 1 rings (SSSR count). The highest BCUT2D eigenvalue weighted by Gasteiger charge is 2.00. The van der Waals surface area contributed by atoms with Crippen molar-refractivity contribution in [3.63, 3.8) is 0 Å². The third-order valence-corrected chi connectivity index (χ3v) is 2.66. The molecule has 0 radical (unpaired) electrons. The SMILES string of the molecule is CCCCSc1cc(F)cc(F)c1. The first-order valence-electron chi connectivity index (χ1n) is 4.31. The molecule has 13 heavy (non-hydrogen) atoms. The van der Waals surface area contributed by atoms with E-state index >= 15 is 0 Å². The molecule has 0 saturated carbocycles. The second-order valence-corrected chi connectivity index (χ2v) is 3.98. The maximum Gasteiger partial charge on any atom is 0.127 e. The van der Waals surface area contributed by atoms with Crippen molar-refractivity contribution < 1.29 is 8.78 Å². The summed E-state index contributed by atoms with van der Waals surface area (Å²) >= 11 is 1.49. The van der Waals surface area contributed by atoms with E-state index in [-0.39, 0.29) is 0 Å². The van der Waals surface area contributed by atoms with Crippen molar-refractivity contribution in [2.75, 3.05) is 5.75 Å². The zero-order valence-corrected chi connectivity index (χ0v) is 8.33. The fourth-order valence-corrected chi connectivity index (χ4v) is 2.01. The van der Waals surface area contributed by atoms with Gasteiger partial charge >= 0.3 is 0 Å². The van der Waals surface area contributed by atoms with Gasteiger partial charge < -0.3 is 0 Å². The van der Waals surface area contributed by atoms with Crippen LogP contribution >= 0.6 is 11.8 Å². The van der Waals surface area contributed by atoms with Crippen LogP contribution in [0.3, 0.4) is 0 Å². The minimum atomic E-state index is -0.501. The van der Waals surface area contributed by atoms with Crippen LogP contribution in [0, 0.1) is 11.6 Å². The summed E-state index contributed by atoms with van der Waals surface area (Å²) in [6.45, 7) is 2.09. The lowest BCUT2D eigenvalue weighted by Gasteiger charge is -2.00. The third-order valence-electron chi connectivity index (χ3n) is 1.60. The monoisotopic (exact) mass is 202 g/mol. The maximum absolute atomic E-state index is 12.7. The van der Waals surface area contributed by atoms with E-state index in [0.29, 0.717) is 4.90 Å². The Morgan fingerprint density at radius 3 is 2.31 bits per heavy atom. The Kier molecular flexibility index (Phi) is 4.22. The summed E-state index contributed by atoms with van der Waals surface area (Å²) in [4.78, 5) is 0.672. The maximum atomic E-state index is 12.7. The summed E-state index contributed by atoms with van der Waals surface area (Å²) in [7, 11) is 0. The van der Waals surface area contributed by atoms with Crippen molar-refractivity contribution in [3.8, 4) is 0 Å². The molecule has 0 unspecified atom stereocenters. The Hall–Kier alpha value is -0.570. The van der Waals surface area contributed by atoms with Gasteiger partial charge in [0.2, 0.25) is 0 Å². The van der Waals surface area contributed by atoms with E-state index < -0.39 is 11.6 Å². The first kappa shape index (κ1) is 10.5. The van der Waals surface area contributed by atoms with E-state index in [4.69, 9.17) is 0 Å². The summed E-state index contributed by atoms with van der Waals surface area (Å²) in [5.41, 5.74) is 0. The highest BCUT2D eigenvalue weighted by atomic mass is 32.2. The number of benzene rings is 1. The van der Waals surface area contributed by atoms with Gasteiger partial charge in [0.05, 0.1) is 0 Å². The second kappa shape index (κ2) is 5.22. The molecule has 0 aliphatic carbocycles. The highest BCUT2D eigenvalue weighted by molar-refractivity contribution is 7.99. The highest BCUT2D eigenvalue weighted by Crippen LogP contribution is 2.21. The van der Waals surface area contributed by atoms with E-state index in [1.165, 1.54) is 23.9 Å². The molecular formula is C10H12F2S. The lowest BCUT2D eigenvalue weighted by Crippen LogP contribution is -1.83. The van der Waals surface area contributed by atoms with Gasteiger partial charge in [0.15, 0.2) is 0 Å². The molecule has 0 aliphatic rings. The molecule has 0 nitrogen and oxygen atoms in total. The van der Waals surface area contributed by atoms with Crippen LogP contribution in [-0.4, -0.2) is 5.75 Å². The fourth-order valence-electron chi connectivity index (χ4n) is 0.946. The predicted octanol–water partition coefficient (Wildman–Crippen LogP) is 3.86. The lowest BCUT2D eigenvalue weighted by molar-refractivity contribution is 0.577. The first-order valence-corrected chi connectivity index (χ1v) is 5.30. The molecule has 0 bridgehead atoms. The first-order chi connectivity index (χ1) is 6.22. The molecule has 0 atom stereocenters. The van der Waals surface area contributed by atoms with E-state index in [0.717, 1.165) is 24.7 Å². The van der Waals surface area contributed by atoms with Crippen molar-refractivity contribution in [1.29, 1.82) is 0 Å². The quantitative estimate of drug-likeness (QED) is 0.527. The zero-order chi connectivity index (χ0) is 9.68. The van der Waals surface area contributed by atoms with Gasteiger partial charge in [0.1, 0.15) is 11.6 Å². The smallest absolute Gasteiger partial charge is 0.127 e. The molecule has 1 aromatic rings. The largest absolute Gasteiger partial charge is 0.207 e. The Morgan fingerprint density at radius 2 is 1.77 bits per heavy atom. The predicted molar refractivity (Wildman–Crippen MR) is 52.0 cm³/mol. The topological polar surface area (TPSA) is 0 Å². The van der Waals surface area contributed by atoms with Gasteiger partial charge in [0, 0.05) is 11.0 Å². The normalized spacial score (nSPS) is 10.4. The van der Waals surface area contributed by atoms with Crippen LogP contribution in [0.1, 0.15) is 19.8 Å². The van der Waals surface area contributed by atoms with Crippen LogP contribution < -0.4 is 0 Å². The van der Waals surface area contributed by atoms with Crippen molar-refractivity contribution in [2.24, 2.45) is 0 Å². The van der Waals surface area contributed by atoms with E-state index in [1.54, 1.807) is 0 Å². The third kappa shape index (κ3) is 3.77. The molecule has 0 fully saturated rings. The van der Waals surface area contributed by atoms with Gasteiger partial charge in [-0.2, -0.15) is 0 Å². The molecule has 0 aromatic heterocycles. The van der Waals surface area contributed by atoms with Gasteiger partial charge in [-0.3, -0.25) is 0 Å². The number of thioether (sulfide) groups is 1. The van der Waals surface area contributed by atoms with Crippen molar-refractivity contribution in [2.45, 2.75) is 24.7 Å². The van der Waals surface area contributed by atoms with Crippen molar-refractivity contribution in [3.05, 3.63) is 29.8 Å². The fraction of sp³-hybridized carbons (Fsp3) is 0.400. The molecule has 0 saturated heterocycles. The summed E-state index contributed by atoms with van der Waals surface area (Å²) < 4.78 is 25.4. The number of hydrogen-bond acceptors (Lipinski definition) is 1. The van der Waals surface area contributed by atoms with Crippen LogP contribution in [0.4, 0.5) is 8.78 Å². The standard InChI is InChI=1S/C10H12F2S/c1-2-3-4-13-10-6-8(11)5-9(12)7-10/h5-7H,2-4H2,1H3. The van der Waals surface area contributed by atoms with E-state index in [1.807, 2.05) is 0 Å². The van der Waals surface area contributed by atoms with Crippen molar-refractivity contribution >= 4 is 11.8 Å². The molecule has 0 N–H and O–H groups in total. The van der Waals surface area contributed by atoms with E-state index in [9.17, 15) is 8.78 Å². The molecule has 0 aliphatic heterocycles. The number of unbranched alkanes of at least 4 members (excludes halogenated alkanes) is 1. The number of halogens is 2. The molecule has 0 amide bonds. The van der Waals surface area contributed by atoms with Gasteiger partial charge in [0.25, 0.3) is 0 Å². The van der Waals surface area contributed by atoms with E-state index in [2.05, 4.69) is 6.92 Å². The van der Waals surface area contributed by atoms with Crippen LogP contribution in [0.15, 0.2) is 23.1 Å². The van der Waals surface area contributed by atoms with Crippen LogP contribution in [0.2, 0.25) is 0 Å². The van der Waals surface area contributed by atoms with Crippen LogP contribution in [-0.2, 0) is 0 Å². The summed E-state index contributed by atoms with van der Waals surface area (Å²) in [5, 5.41) is 0. The van der Waals surface area contributed by atoms with Crippen LogP contribution in [0.5, 0.6) is 0 Å². The Labute approximate surface area is 81.3 Å². The molecule has 72 valence electrons. The molecule has 1 aromatic carbocycles.